The predicted molar refractivity (Wildman–Crippen MR) is 56.9 cm³/mol. The molecule has 1 amide bonds. The monoisotopic (exact) mass is 188 g/mol. The van der Waals surface area contributed by atoms with Crippen molar-refractivity contribution in [1.82, 2.24) is 5.32 Å². The SMILES string of the molecule is C=C=CCNC(=O)c1ccccc1N. The lowest BCUT2D eigenvalue weighted by Gasteiger charge is -2.04. The molecule has 72 valence electrons. The fourth-order valence-corrected chi connectivity index (χ4v) is 1.01. The molecule has 1 aromatic carbocycles. The third-order valence-corrected chi connectivity index (χ3v) is 1.71. The van der Waals surface area contributed by atoms with Crippen molar-refractivity contribution in [2.45, 2.75) is 0 Å². The van der Waals surface area contributed by atoms with Gasteiger partial charge in [0.05, 0.1) is 5.56 Å². The predicted octanol–water partition coefficient (Wildman–Crippen LogP) is 1.34. The highest BCUT2D eigenvalue weighted by Gasteiger charge is 2.06. The number of nitrogens with one attached hydrogen (secondary N) is 1. The molecule has 0 aliphatic rings. The number of nitrogen functional groups attached to an aromatic ring is 1. The van der Waals surface area contributed by atoms with Crippen LogP contribution in [0.2, 0.25) is 0 Å². The summed E-state index contributed by atoms with van der Waals surface area (Å²) in [6, 6.07) is 6.94. The summed E-state index contributed by atoms with van der Waals surface area (Å²) in [5.74, 6) is -0.186. The van der Waals surface area contributed by atoms with Gasteiger partial charge in [0.1, 0.15) is 0 Å². The Morgan fingerprint density at radius 2 is 2.29 bits per heavy atom. The number of carbonyl (C=O) groups excluding carboxylic acids is 1. The molecule has 0 atom stereocenters. The molecule has 0 aliphatic heterocycles. The second kappa shape index (κ2) is 4.90. The summed E-state index contributed by atoms with van der Waals surface area (Å²) in [5.41, 5.74) is 9.16. The van der Waals surface area contributed by atoms with Crippen LogP contribution in [0.1, 0.15) is 10.4 Å². The van der Waals surface area contributed by atoms with Crippen LogP contribution in [0.4, 0.5) is 5.69 Å². The molecule has 0 aromatic heterocycles. The molecular weight excluding hydrogens is 176 g/mol. The number of anilines is 1. The van der Waals surface area contributed by atoms with Crippen molar-refractivity contribution in [2.75, 3.05) is 12.3 Å². The molecule has 3 nitrogen and oxygen atoms in total. The molecule has 1 rings (SSSR count). The van der Waals surface area contributed by atoms with Gasteiger partial charge in [-0.3, -0.25) is 4.79 Å². The number of hydrogen-bond acceptors (Lipinski definition) is 2. The summed E-state index contributed by atoms with van der Waals surface area (Å²) >= 11 is 0. The smallest absolute Gasteiger partial charge is 0.253 e. The first-order chi connectivity index (χ1) is 6.75. The fourth-order valence-electron chi connectivity index (χ4n) is 1.01. The molecule has 14 heavy (non-hydrogen) atoms. The van der Waals surface area contributed by atoms with Crippen molar-refractivity contribution in [3.63, 3.8) is 0 Å². The van der Waals surface area contributed by atoms with Crippen molar-refractivity contribution in [2.24, 2.45) is 0 Å². The van der Waals surface area contributed by atoms with Gasteiger partial charge in [-0.15, -0.1) is 5.73 Å². The van der Waals surface area contributed by atoms with E-state index in [1.807, 2.05) is 0 Å². The first-order valence-corrected chi connectivity index (χ1v) is 4.22. The summed E-state index contributed by atoms with van der Waals surface area (Å²) in [4.78, 5) is 11.5. The van der Waals surface area contributed by atoms with E-state index in [9.17, 15) is 4.79 Å². The van der Waals surface area contributed by atoms with Crippen LogP contribution in [-0.2, 0) is 0 Å². The Kier molecular flexibility index (Phi) is 3.53. The maximum absolute atomic E-state index is 11.5. The molecule has 0 bridgehead atoms. The zero-order chi connectivity index (χ0) is 10.4. The molecule has 0 saturated carbocycles. The van der Waals surface area contributed by atoms with Gasteiger partial charge in [0.25, 0.3) is 5.91 Å². The molecule has 0 fully saturated rings. The third kappa shape index (κ3) is 2.51. The summed E-state index contributed by atoms with van der Waals surface area (Å²) < 4.78 is 0. The van der Waals surface area contributed by atoms with Gasteiger partial charge in [0.15, 0.2) is 0 Å². The summed E-state index contributed by atoms with van der Waals surface area (Å²) in [6.45, 7) is 3.80. The number of benzene rings is 1. The molecule has 0 radical (unpaired) electrons. The average molecular weight is 188 g/mol. The van der Waals surface area contributed by atoms with Crippen molar-refractivity contribution in [3.05, 3.63) is 48.2 Å². The lowest BCUT2D eigenvalue weighted by atomic mass is 10.2. The minimum atomic E-state index is -0.186. The maximum atomic E-state index is 11.5. The number of nitrogens with two attached hydrogens (primary N) is 1. The normalized spacial score (nSPS) is 8.86. The first kappa shape index (κ1) is 10.1. The zero-order valence-electron chi connectivity index (χ0n) is 7.79. The Labute approximate surface area is 82.9 Å². The van der Waals surface area contributed by atoms with Crippen molar-refractivity contribution in [1.29, 1.82) is 0 Å². The Bertz CT molecular complexity index is 379. The van der Waals surface area contributed by atoms with Gasteiger partial charge in [-0.05, 0) is 18.2 Å². The van der Waals surface area contributed by atoms with E-state index >= 15 is 0 Å². The molecule has 0 heterocycles. The quantitative estimate of drug-likeness (QED) is 0.555. The van der Waals surface area contributed by atoms with E-state index in [0.717, 1.165) is 0 Å². The van der Waals surface area contributed by atoms with Crippen LogP contribution < -0.4 is 11.1 Å². The van der Waals surface area contributed by atoms with E-state index in [4.69, 9.17) is 5.73 Å². The van der Waals surface area contributed by atoms with Crippen LogP contribution in [0.5, 0.6) is 0 Å². The van der Waals surface area contributed by atoms with Crippen LogP contribution in [0.15, 0.2) is 42.7 Å². The maximum Gasteiger partial charge on any atom is 0.253 e. The minimum Gasteiger partial charge on any atom is -0.398 e. The molecule has 0 spiro atoms. The van der Waals surface area contributed by atoms with E-state index < -0.39 is 0 Å². The molecule has 0 aliphatic carbocycles. The van der Waals surface area contributed by atoms with E-state index in [2.05, 4.69) is 17.6 Å². The van der Waals surface area contributed by atoms with Crippen molar-refractivity contribution < 1.29 is 4.79 Å². The molecule has 3 N–H and O–H groups in total. The van der Waals surface area contributed by atoms with Crippen molar-refractivity contribution in [3.8, 4) is 0 Å². The van der Waals surface area contributed by atoms with Crippen LogP contribution in [0.25, 0.3) is 0 Å². The van der Waals surface area contributed by atoms with E-state index in [0.29, 0.717) is 17.8 Å². The van der Waals surface area contributed by atoms with E-state index in [1.54, 1.807) is 30.3 Å². The van der Waals surface area contributed by atoms with Gasteiger partial charge >= 0.3 is 0 Å². The highest BCUT2D eigenvalue weighted by Crippen LogP contribution is 2.09. The zero-order valence-corrected chi connectivity index (χ0v) is 7.79. The largest absolute Gasteiger partial charge is 0.398 e. The van der Waals surface area contributed by atoms with E-state index in [1.165, 1.54) is 0 Å². The van der Waals surface area contributed by atoms with Gasteiger partial charge in [-0.2, -0.15) is 0 Å². The second-order valence-corrected chi connectivity index (χ2v) is 2.71. The highest BCUT2D eigenvalue weighted by molar-refractivity contribution is 5.99. The van der Waals surface area contributed by atoms with Crippen molar-refractivity contribution >= 4 is 11.6 Å². The van der Waals surface area contributed by atoms with Gasteiger partial charge in [0.2, 0.25) is 0 Å². The molecule has 0 unspecified atom stereocenters. The average Bonchev–Trinajstić information content (AvgIpc) is 2.18. The summed E-state index contributed by atoms with van der Waals surface area (Å²) in [6.07, 6.45) is 1.64. The molecule has 1 aromatic rings. The number of carbonyl (C=O) groups is 1. The van der Waals surface area contributed by atoms with Gasteiger partial charge in [0, 0.05) is 12.2 Å². The highest BCUT2D eigenvalue weighted by atomic mass is 16.1. The van der Waals surface area contributed by atoms with E-state index in [-0.39, 0.29) is 5.91 Å². The summed E-state index contributed by atoms with van der Waals surface area (Å²) in [7, 11) is 0. The van der Waals surface area contributed by atoms with Gasteiger partial charge < -0.3 is 11.1 Å². The number of rotatable bonds is 3. The Hall–Kier alpha value is -1.99. The summed E-state index contributed by atoms with van der Waals surface area (Å²) in [5, 5.41) is 2.66. The fraction of sp³-hybridized carbons (Fsp3) is 0.0909. The molecule has 3 heteroatoms. The van der Waals surface area contributed by atoms with Crippen LogP contribution in [0, 0.1) is 0 Å². The third-order valence-electron chi connectivity index (χ3n) is 1.71. The number of hydrogen-bond donors (Lipinski definition) is 2. The lowest BCUT2D eigenvalue weighted by molar-refractivity contribution is 0.0959. The topological polar surface area (TPSA) is 55.1 Å². The lowest BCUT2D eigenvalue weighted by Crippen LogP contribution is -2.24. The van der Waals surface area contributed by atoms with Crippen LogP contribution in [0.3, 0.4) is 0 Å². The Balaban J connectivity index is 2.70. The molecule has 0 saturated heterocycles. The first-order valence-electron chi connectivity index (χ1n) is 4.22. The van der Waals surface area contributed by atoms with Gasteiger partial charge in [-0.1, -0.05) is 18.7 Å². The number of para-hydroxylation sites is 1. The van der Waals surface area contributed by atoms with Crippen LogP contribution in [-0.4, -0.2) is 12.5 Å². The van der Waals surface area contributed by atoms with Crippen LogP contribution >= 0.6 is 0 Å². The standard InChI is InChI=1S/C11H12N2O/c1-2-3-8-13-11(14)9-6-4-5-7-10(9)12/h3-7H,1,8,12H2,(H,13,14). The second-order valence-electron chi connectivity index (χ2n) is 2.71. The Morgan fingerprint density at radius 1 is 1.57 bits per heavy atom. The minimum absolute atomic E-state index is 0.186. The number of amides is 1. The Morgan fingerprint density at radius 3 is 2.93 bits per heavy atom. The van der Waals surface area contributed by atoms with Gasteiger partial charge in [-0.25, -0.2) is 0 Å². The molecular formula is C11H12N2O.